The Morgan fingerprint density at radius 2 is 1.60 bits per heavy atom. The molecule has 0 bridgehead atoms. The fourth-order valence-electron chi connectivity index (χ4n) is 7.71. The van der Waals surface area contributed by atoms with Gasteiger partial charge in [-0.3, -0.25) is 14.6 Å². The van der Waals surface area contributed by atoms with Crippen LogP contribution in [0, 0.1) is 0 Å². The van der Waals surface area contributed by atoms with Crippen molar-refractivity contribution in [2.75, 3.05) is 50.8 Å². The Morgan fingerprint density at radius 1 is 0.884 bits per heavy atom. The van der Waals surface area contributed by atoms with E-state index in [1.165, 1.54) is 35.2 Å². The number of rotatable bonds is 9. The number of urea groups is 1. The molecule has 9 nitrogen and oxygen atoms in total. The second kappa shape index (κ2) is 12.6. The van der Waals surface area contributed by atoms with Crippen LogP contribution in [-0.4, -0.2) is 90.6 Å². The number of imide groups is 1. The Kier molecular flexibility index (Phi) is 8.40. The van der Waals surface area contributed by atoms with Crippen molar-refractivity contribution in [3.8, 4) is 0 Å². The molecule has 4 fully saturated rings. The van der Waals surface area contributed by atoms with E-state index in [2.05, 4.69) is 51.6 Å². The van der Waals surface area contributed by atoms with Crippen molar-refractivity contribution in [3.63, 3.8) is 0 Å². The highest BCUT2D eigenvalue weighted by Gasteiger charge is 2.60. The zero-order chi connectivity index (χ0) is 29.2. The van der Waals surface area contributed by atoms with Crippen molar-refractivity contribution in [1.82, 2.24) is 20.2 Å². The number of hydrazine groups is 1. The number of carbonyl (C=O) groups excluding carboxylic acids is 2. The molecule has 4 saturated heterocycles. The summed E-state index contributed by atoms with van der Waals surface area (Å²) < 4.78 is 11.6. The Balaban J connectivity index is 1.02. The second-order valence-corrected chi connectivity index (χ2v) is 12.9. The zero-order valence-corrected chi connectivity index (χ0v) is 25.2. The lowest BCUT2D eigenvalue weighted by Gasteiger charge is -2.42. The van der Waals surface area contributed by atoms with Crippen LogP contribution in [-0.2, 0) is 33.7 Å². The van der Waals surface area contributed by atoms with Gasteiger partial charge in [0.25, 0.3) is 5.91 Å². The van der Waals surface area contributed by atoms with Crippen LogP contribution in [0.25, 0.3) is 0 Å². The van der Waals surface area contributed by atoms with Crippen molar-refractivity contribution >= 4 is 17.6 Å². The largest absolute Gasteiger partial charge is 0.372 e. The number of fused-ring (bicyclic) bond motifs is 1. The van der Waals surface area contributed by atoms with Gasteiger partial charge in [0, 0.05) is 57.6 Å². The molecule has 0 aromatic heterocycles. The van der Waals surface area contributed by atoms with Gasteiger partial charge in [-0.2, -0.15) is 0 Å². The number of carbonyl (C=O) groups is 2. The highest BCUT2D eigenvalue weighted by molar-refractivity contribution is 6.07. The van der Waals surface area contributed by atoms with E-state index in [4.69, 9.17) is 9.47 Å². The summed E-state index contributed by atoms with van der Waals surface area (Å²) in [5.41, 5.74) is 7.55. The number of hydrogen-bond acceptors (Lipinski definition) is 7. The summed E-state index contributed by atoms with van der Waals surface area (Å²) in [6.45, 7) is 6.28. The van der Waals surface area contributed by atoms with E-state index in [0.717, 1.165) is 71.4 Å². The minimum absolute atomic E-state index is 0.0473. The van der Waals surface area contributed by atoms with E-state index in [1.807, 2.05) is 12.1 Å². The molecule has 3 amide bonds. The fraction of sp³-hybridized carbons (Fsp3) is 0.588. The standard InChI is InChI=1S/C34H45N5O4/c40-32-34(14-19-36(20-15-34)25-26-10-12-29(13-11-26)37-17-4-5-18-37)39(35-16-22-43-31-9-3-6-21-42-31)33(41)38(32)30-23-27-7-1-2-8-28(27)24-30/h1-2,7-8,10-13,30-31,35H,3-6,9,14-25H2. The molecule has 1 unspecified atom stereocenters. The van der Waals surface area contributed by atoms with Crippen LogP contribution in [0.1, 0.15) is 61.6 Å². The average Bonchev–Trinajstić information content (AvgIpc) is 3.77. The molecule has 4 aliphatic heterocycles. The molecule has 9 heteroatoms. The van der Waals surface area contributed by atoms with Gasteiger partial charge in [0.2, 0.25) is 0 Å². The molecular weight excluding hydrogens is 542 g/mol. The lowest BCUT2D eigenvalue weighted by atomic mass is 9.86. The maximum Gasteiger partial charge on any atom is 0.342 e. The van der Waals surface area contributed by atoms with Crippen molar-refractivity contribution in [2.45, 2.75) is 82.2 Å². The average molecular weight is 588 g/mol. The molecule has 1 spiro atoms. The smallest absolute Gasteiger partial charge is 0.342 e. The number of ether oxygens (including phenoxy) is 2. The maximum absolute atomic E-state index is 14.3. The number of piperidine rings is 1. The lowest BCUT2D eigenvalue weighted by Crippen LogP contribution is -2.61. The van der Waals surface area contributed by atoms with E-state index in [1.54, 1.807) is 9.91 Å². The van der Waals surface area contributed by atoms with Gasteiger partial charge in [-0.05, 0) is 86.6 Å². The van der Waals surface area contributed by atoms with Crippen molar-refractivity contribution in [3.05, 3.63) is 65.2 Å². The first kappa shape index (κ1) is 28.8. The normalized spacial score (nSPS) is 24.5. The first-order chi connectivity index (χ1) is 21.1. The summed E-state index contributed by atoms with van der Waals surface area (Å²) in [6.07, 6.45) is 8.12. The van der Waals surface area contributed by atoms with Crippen LogP contribution < -0.4 is 10.3 Å². The van der Waals surface area contributed by atoms with E-state index in [0.29, 0.717) is 26.0 Å². The van der Waals surface area contributed by atoms with E-state index >= 15 is 0 Å². The van der Waals surface area contributed by atoms with Crippen LogP contribution in [0.5, 0.6) is 0 Å². The van der Waals surface area contributed by atoms with Gasteiger partial charge < -0.3 is 14.4 Å². The molecule has 1 atom stereocenters. The molecule has 43 heavy (non-hydrogen) atoms. The molecule has 1 N–H and O–H groups in total. The van der Waals surface area contributed by atoms with Gasteiger partial charge in [-0.1, -0.05) is 36.4 Å². The van der Waals surface area contributed by atoms with E-state index < -0.39 is 5.54 Å². The van der Waals surface area contributed by atoms with Gasteiger partial charge in [0.1, 0.15) is 5.54 Å². The molecule has 1 aliphatic carbocycles. The van der Waals surface area contributed by atoms with Crippen molar-refractivity contribution < 1.29 is 19.1 Å². The third-order valence-corrected chi connectivity index (χ3v) is 10.1. The highest BCUT2D eigenvalue weighted by atomic mass is 16.7. The summed E-state index contributed by atoms with van der Waals surface area (Å²) in [6, 6.07) is 16.9. The third kappa shape index (κ3) is 5.80. The first-order valence-electron chi connectivity index (χ1n) is 16.4. The van der Waals surface area contributed by atoms with E-state index in [-0.39, 0.29) is 24.3 Å². The van der Waals surface area contributed by atoms with Gasteiger partial charge in [-0.25, -0.2) is 15.2 Å². The molecule has 0 radical (unpaired) electrons. The fourth-order valence-corrected chi connectivity index (χ4v) is 7.71. The number of nitrogens with one attached hydrogen (secondary N) is 1. The zero-order valence-electron chi connectivity index (χ0n) is 25.2. The number of benzene rings is 2. The monoisotopic (exact) mass is 587 g/mol. The highest BCUT2D eigenvalue weighted by Crippen LogP contribution is 2.40. The lowest BCUT2D eigenvalue weighted by molar-refractivity contribution is -0.163. The number of nitrogens with zero attached hydrogens (tertiary/aromatic N) is 4. The van der Waals surface area contributed by atoms with E-state index in [9.17, 15) is 9.59 Å². The van der Waals surface area contributed by atoms with Crippen LogP contribution in [0.2, 0.25) is 0 Å². The number of amides is 3. The SMILES string of the molecule is O=C1N(C2Cc3ccccc3C2)C(=O)C2(CCN(Cc3ccc(N4CCCC4)cc3)CC2)N1NCCOC1CCCCO1. The second-order valence-electron chi connectivity index (χ2n) is 12.9. The van der Waals surface area contributed by atoms with Crippen LogP contribution >= 0.6 is 0 Å². The first-order valence-corrected chi connectivity index (χ1v) is 16.4. The molecule has 230 valence electrons. The van der Waals surface area contributed by atoms with Gasteiger partial charge in [-0.15, -0.1) is 0 Å². The molecule has 0 saturated carbocycles. The minimum atomic E-state index is -0.872. The minimum Gasteiger partial charge on any atom is -0.372 e. The molecule has 4 heterocycles. The molecular formula is C34H45N5O4. The van der Waals surface area contributed by atoms with Crippen LogP contribution in [0.3, 0.4) is 0 Å². The Labute approximate surface area is 255 Å². The Hall–Kier alpha value is -2.98. The summed E-state index contributed by atoms with van der Waals surface area (Å²) in [5, 5.41) is 1.67. The molecule has 2 aromatic carbocycles. The quantitative estimate of drug-likeness (QED) is 0.350. The number of hydrogen-bond donors (Lipinski definition) is 1. The van der Waals surface area contributed by atoms with Gasteiger partial charge >= 0.3 is 6.03 Å². The summed E-state index contributed by atoms with van der Waals surface area (Å²) in [7, 11) is 0. The Morgan fingerprint density at radius 3 is 2.28 bits per heavy atom. The van der Waals surface area contributed by atoms with Crippen molar-refractivity contribution in [1.29, 1.82) is 0 Å². The Bertz CT molecular complexity index is 1260. The van der Waals surface area contributed by atoms with Gasteiger partial charge in [0.05, 0.1) is 6.61 Å². The van der Waals surface area contributed by atoms with Crippen LogP contribution in [0.4, 0.5) is 10.5 Å². The summed E-state index contributed by atoms with van der Waals surface area (Å²) in [5.74, 6) is -0.0473. The van der Waals surface area contributed by atoms with Crippen molar-refractivity contribution in [2.24, 2.45) is 0 Å². The molecule has 2 aromatic rings. The topological polar surface area (TPSA) is 77.6 Å². The third-order valence-electron chi connectivity index (χ3n) is 10.1. The maximum atomic E-state index is 14.3. The number of likely N-dealkylation sites (tertiary alicyclic amines) is 1. The van der Waals surface area contributed by atoms with Crippen LogP contribution in [0.15, 0.2) is 48.5 Å². The summed E-state index contributed by atoms with van der Waals surface area (Å²) >= 11 is 0. The molecule has 5 aliphatic rings. The summed E-state index contributed by atoms with van der Waals surface area (Å²) in [4.78, 5) is 34.8. The predicted octanol–water partition coefficient (Wildman–Crippen LogP) is 4.10. The molecule has 7 rings (SSSR count). The van der Waals surface area contributed by atoms with Gasteiger partial charge in [0.15, 0.2) is 6.29 Å². The number of anilines is 1. The predicted molar refractivity (Wildman–Crippen MR) is 164 cm³/mol.